The average molecular weight is 432 g/mol. The molecule has 0 fully saturated rings. The second-order valence-corrected chi connectivity index (χ2v) is 8.02. The van der Waals surface area contributed by atoms with Crippen LogP contribution in [0.3, 0.4) is 0 Å². The predicted octanol–water partition coefficient (Wildman–Crippen LogP) is 5.67. The fourth-order valence-electron chi connectivity index (χ4n) is 3.93. The summed E-state index contributed by atoms with van der Waals surface area (Å²) >= 11 is 0. The summed E-state index contributed by atoms with van der Waals surface area (Å²) in [6.45, 7) is 3.71. The maximum atomic E-state index is 11.2. The Morgan fingerprint density at radius 1 is 0.906 bits per heavy atom. The van der Waals surface area contributed by atoms with E-state index in [-0.39, 0.29) is 0 Å². The van der Waals surface area contributed by atoms with Crippen molar-refractivity contribution in [2.45, 2.75) is 44.6 Å². The summed E-state index contributed by atoms with van der Waals surface area (Å²) in [5, 5.41) is 12.8. The van der Waals surface area contributed by atoms with Gasteiger partial charge in [-0.25, -0.2) is 4.79 Å². The molecule has 3 rings (SSSR count). The van der Waals surface area contributed by atoms with Crippen molar-refractivity contribution >= 4 is 5.97 Å². The quantitative estimate of drug-likeness (QED) is 0.342. The Morgan fingerprint density at radius 2 is 1.56 bits per heavy atom. The lowest BCUT2D eigenvalue weighted by Gasteiger charge is -2.18. The van der Waals surface area contributed by atoms with E-state index in [1.807, 2.05) is 25.1 Å². The van der Waals surface area contributed by atoms with Crippen LogP contribution in [0.4, 0.5) is 0 Å². The van der Waals surface area contributed by atoms with E-state index >= 15 is 0 Å². The molecule has 0 bridgehead atoms. The molecule has 0 aliphatic carbocycles. The van der Waals surface area contributed by atoms with Crippen LogP contribution in [0.1, 0.15) is 48.8 Å². The number of carboxylic acid groups (broad SMARTS) is 1. The van der Waals surface area contributed by atoms with Crippen LogP contribution >= 0.6 is 0 Å². The minimum Gasteiger partial charge on any atom is -0.479 e. The summed E-state index contributed by atoms with van der Waals surface area (Å²) in [6, 6.07) is 29.2. The molecule has 3 aromatic carbocycles. The molecule has 0 heterocycles. The molecule has 32 heavy (non-hydrogen) atoms. The number of aryl methyl sites for hydroxylation is 1. The molecule has 168 valence electrons. The summed E-state index contributed by atoms with van der Waals surface area (Å²) in [5.74, 6) is 0.0872. The predicted molar refractivity (Wildman–Crippen MR) is 129 cm³/mol. The van der Waals surface area contributed by atoms with Gasteiger partial charge in [0.2, 0.25) is 0 Å². The van der Waals surface area contributed by atoms with Crippen molar-refractivity contribution in [3.63, 3.8) is 0 Å². The van der Waals surface area contributed by atoms with Gasteiger partial charge in [-0.05, 0) is 67.6 Å². The number of aliphatic carboxylic acids is 1. The molecule has 2 N–H and O–H groups in total. The third kappa shape index (κ3) is 7.24. The molecular weight excluding hydrogens is 398 g/mol. The van der Waals surface area contributed by atoms with Gasteiger partial charge in [0.25, 0.3) is 0 Å². The lowest BCUT2D eigenvalue weighted by atomic mass is 9.88. The van der Waals surface area contributed by atoms with E-state index in [1.54, 1.807) is 0 Å². The summed E-state index contributed by atoms with van der Waals surface area (Å²) in [5.41, 5.74) is 3.86. The van der Waals surface area contributed by atoms with Crippen LogP contribution in [-0.2, 0) is 11.2 Å². The number of carbonyl (C=O) groups is 1. The maximum absolute atomic E-state index is 11.2. The van der Waals surface area contributed by atoms with Gasteiger partial charge in [0.05, 0.1) is 0 Å². The number of rotatable bonds is 13. The van der Waals surface area contributed by atoms with E-state index in [0.717, 1.165) is 37.9 Å². The monoisotopic (exact) mass is 431 g/mol. The van der Waals surface area contributed by atoms with E-state index in [9.17, 15) is 9.90 Å². The SMILES string of the molecule is CCC(Oc1cccc(CCCNCCC(c2ccccc2)c2ccccc2)c1)C(=O)O. The topological polar surface area (TPSA) is 58.6 Å². The van der Waals surface area contributed by atoms with Crippen molar-refractivity contribution in [1.82, 2.24) is 5.32 Å². The largest absolute Gasteiger partial charge is 0.479 e. The van der Waals surface area contributed by atoms with Crippen molar-refractivity contribution in [3.8, 4) is 5.75 Å². The number of nitrogens with one attached hydrogen (secondary N) is 1. The van der Waals surface area contributed by atoms with Crippen molar-refractivity contribution in [2.24, 2.45) is 0 Å². The zero-order valence-corrected chi connectivity index (χ0v) is 18.7. The lowest BCUT2D eigenvalue weighted by molar-refractivity contribution is -0.145. The normalized spacial score (nSPS) is 11.9. The highest BCUT2D eigenvalue weighted by atomic mass is 16.5. The van der Waals surface area contributed by atoms with Gasteiger partial charge in [0, 0.05) is 5.92 Å². The van der Waals surface area contributed by atoms with E-state index in [0.29, 0.717) is 18.1 Å². The van der Waals surface area contributed by atoms with Crippen LogP contribution in [0, 0.1) is 0 Å². The molecule has 1 atom stereocenters. The van der Waals surface area contributed by atoms with Crippen LogP contribution in [-0.4, -0.2) is 30.3 Å². The number of ether oxygens (including phenoxy) is 1. The van der Waals surface area contributed by atoms with Gasteiger partial charge >= 0.3 is 5.97 Å². The first-order chi connectivity index (χ1) is 15.7. The highest BCUT2D eigenvalue weighted by molar-refractivity contribution is 5.72. The van der Waals surface area contributed by atoms with Gasteiger partial charge in [0.15, 0.2) is 6.10 Å². The summed E-state index contributed by atoms with van der Waals surface area (Å²) < 4.78 is 5.61. The standard InChI is InChI=1S/C28H33NO3/c1-2-27(28(30)31)32-25-17-9-11-22(21-25)12-10-19-29-20-18-26(23-13-5-3-6-14-23)24-15-7-4-8-16-24/h3-9,11,13-17,21,26-27,29H,2,10,12,18-20H2,1H3,(H,30,31). The maximum Gasteiger partial charge on any atom is 0.344 e. The first kappa shape index (κ1) is 23.6. The van der Waals surface area contributed by atoms with Crippen LogP contribution in [0.5, 0.6) is 5.75 Å². The fourth-order valence-corrected chi connectivity index (χ4v) is 3.93. The Labute approximate surface area is 191 Å². The molecule has 1 unspecified atom stereocenters. The molecule has 0 saturated carbocycles. The zero-order chi connectivity index (χ0) is 22.6. The molecule has 0 radical (unpaired) electrons. The minimum atomic E-state index is -0.925. The number of benzene rings is 3. The molecule has 0 aromatic heterocycles. The second kappa shape index (κ2) is 12.7. The van der Waals surface area contributed by atoms with E-state index in [1.165, 1.54) is 11.1 Å². The third-order valence-corrected chi connectivity index (χ3v) is 5.66. The summed E-state index contributed by atoms with van der Waals surface area (Å²) in [7, 11) is 0. The Balaban J connectivity index is 1.45. The number of hydrogen-bond acceptors (Lipinski definition) is 3. The van der Waals surface area contributed by atoms with E-state index < -0.39 is 12.1 Å². The Bertz CT molecular complexity index is 904. The first-order valence-corrected chi connectivity index (χ1v) is 11.5. The molecule has 0 aliphatic rings. The van der Waals surface area contributed by atoms with Gasteiger partial charge in [-0.1, -0.05) is 79.7 Å². The Hall–Kier alpha value is -3.11. The van der Waals surface area contributed by atoms with Crippen molar-refractivity contribution in [1.29, 1.82) is 0 Å². The van der Waals surface area contributed by atoms with Crippen molar-refractivity contribution in [3.05, 3.63) is 102 Å². The first-order valence-electron chi connectivity index (χ1n) is 11.5. The summed E-state index contributed by atoms with van der Waals surface area (Å²) in [6.07, 6.45) is 2.63. The van der Waals surface area contributed by atoms with E-state index in [2.05, 4.69) is 72.0 Å². The molecular formula is C28H33NO3. The smallest absolute Gasteiger partial charge is 0.344 e. The van der Waals surface area contributed by atoms with Crippen LogP contribution in [0.15, 0.2) is 84.9 Å². The molecule has 4 heteroatoms. The van der Waals surface area contributed by atoms with Crippen LogP contribution < -0.4 is 10.1 Å². The molecule has 4 nitrogen and oxygen atoms in total. The molecule has 0 amide bonds. The molecule has 0 spiro atoms. The third-order valence-electron chi connectivity index (χ3n) is 5.66. The molecule has 0 aliphatic heterocycles. The number of carboxylic acids is 1. The van der Waals surface area contributed by atoms with Crippen LogP contribution in [0.2, 0.25) is 0 Å². The zero-order valence-electron chi connectivity index (χ0n) is 18.7. The lowest BCUT2D eigenvalue weighted by Crippen LogP contribution is -2.25. The second-order valence-electron chi connectivity index (χ2n) is 8.02. The van der Waals surface area contributed by atoms with Crippen molar-refractivity contribution < 1.29 is 14.6 Å². The molecule has 0 saturated heterocycles. The van der Waals surface area contributed by atoms with Gasteiger partial charge in [-0.15, -0.1) is 0 Å². The highest BCUT2D eigenvalue weighted by Gasteiger charge is 2.16. The fraction of sp³-hybridized carbons (Fsp3) is 0.321. The average Bonchev–Trinajstić information content (AvgIpc) is 2.83. The Kier molecular flexibility index (Phi) is 9.33. The highest BCUT2D eigenvalue weighted by Crippen LogP contribution is 2.27. The van der Waals surface area contributed by atoms with Gasteiger partial charge in [-0.3, -0.25) is 0 Å². The van der Waals surface area contributed by atoms with Crippen molar-refractivity contribution in [2.75, 3.05) is 13.1 Å². The van der Waals surface area contributed by atoms with Gasteiger partial charge < -0.3 is 15.2 Å². The molecule has 3 aromatic rings. The van der Waals surface area contributed by atoms with Crippen LogP contribution in [0.25, 0.3) is 0 Å². The van der Waals surface area contributed by atoms with Gasteiger partial charge in [0.1, 0.15) is 5.75 Å². The van der Waals surface area contributed by atoms with E-state index in [4.69, 9.17) is 4.74 Å². The summed E-state index contributed by atoms with van der Waals surface area (Å²) in [4.78, 5) is 11.2. The minimum absolute atomic E-state index is 0.388. The Morgan fingerprint density at radius 3 is 2.16 bits per heavy atom. The van der Waals surface area contributed by atoms with Gasteiger partial charge in [-0.2, -0.15) is 0 Å². The number of hydrogen-bond donors (Lipinski definition) is 2.